The second kappa shape index (κ2) is 7.01. The molecule has 2 aromatic carbocycles. The van der Waals surface area contributed by atoms with Gasteiger partial charge in [0.2, 0.25) is 0 Å². The fourth-order valence-corrected chi connectivity index (χ4v) is 3.40. The van der Waals surface area contributed by atoms with E-state index >= 15 is 0 Å². The Bertz CT molecular complexity index is 817. The Balaban J connectivity index is 1.85. The smallest absolute Gasteiger partial charge is 0.308 e. The van der Waals surface area contributed by atoms with Gasteiger partial charge in [0.25, 0.3) is 5.91 Å². The number of carboxylic acids is 1. The van der Waals surface area contributed by atoms with Crippen LogP contribution < -0.4 is 14.8 Å². The van der Waals surface area contributed by atoms with Gasteiger partial charge < -0.3 is 19.9 Å². The van der Waals surface area contributed by atoms with Gasteiger partial charge in [-0.3, -0.25) is 9.59 Å². The molecule has 0 bridgehead atoms. The number of carbonyl (C=O) groups excluding carboxylic acids is 1. The molecule has 2 aromatic rings. The topological polar surface area (TPSA) is 84.9 Å². The molecular weight excluding hydrogens is 322 g/mol. The van der Waals surface area contributed by atoms with Crippen molar-refractivity contribution in [2.75, 3.05) is 14.2 Å². The lowest BCUT2D eigenvalue weighted by atomic mass is 10.0. The molecule has 1 aliphatic carbocycles. The molecule has 1 saturated carbocycles. The minimum Gasteiger partial charge on any atom is -0.493 e. The fraction of sp³-hybridized carbons (Fsp3) is 0.368. The van der Waals surface area contributed by atoms with Gasteiger partial charge in [0.15, 0.2) is 11.5 Å². The molecule has 2 N–H and O–H groups in total. The molecule has 0 spiro atoms. The van der Waals surface area contributed by atoms with Gasteiger partial charge in [0.05, 0.1) is 20.1 Å². The Hall–Kier alpha value is -2.76. The molecule has 25 heavy (non-hydrogen) atoms. The first kappa shape index (κ1) is 17.1. The molecular formula is C19H21NO5. The average Bonchev–Trinajstić information content (AvgIpc) is 3.08. The van der Waals surface area contributed by atoms with Crippen molar-refractivity contribution in [1.82, 2.24) is 5.32 Å². The number of rotatable bonds is 5. The summed E-state index contributed by atoms with van der Waals surface area (Å²) in [5, 5.41) is 13.9. The lowest BCUT2D eigenvalue weighted by molar-refractivity contribution is -0.142. The lowest BCUT2D eigenvalue weighted by Gasteiger charge is -2.18. The van der Waals surface area contributed by atoms with Crippen molar-refractivity contribution in [3.05, 3.63) is 35.9 Å². The molecule has 1 fully saturated rings. The second-order valence-corrected chi connectivity index (χ2v) is 6.22. The van der Waals surface area contributed by atoms with Crippen molar-refractivity contribution >= 4 is 22.6 Å². The van der Waals surface area contributed by atoms with Crippen molar-refractivity contribution in [2.24, 2.45) is 5.92 Å². The normalized spacial score (nSPS) is 19.6. The van der Waals surface area contributed by atoms with E-state index in [9.17, 15) is 14.7 Å². The summed E-state index contributed by atoms with van der Waals surface area (Å²) >= 11 is 0. The number of hydrogen-bond acceptors (Lipinski definition) is 4. The number of ether oxygens (including phenoxy) is 2. The first-order valence-corrected chi connectivity index (χ1v) is 8.23. The van der Waals surface area contributed by atoms with E-state index in [0.717, 1.165) is 17.2 Å². The zero-order valence-electron chi connectivity index (χ0n) is 14.2. The fourth-order valence-electron chi connectivity index (χ4n) is 3.40. The van der Waals surface area contributed by atoms with E-state index in [4.69, 9.17) is 9.47 Å². The summed E-state index contributed by atoms with van der Waals surface area (Å²) in [4.78, 5) is 23.8. The van der Waals surface area contributed by atoms with E-state index < -0.39 is 11.9 Å². The summed E-state index contributed by atoms with van der Waals surface area (Å²) in [5.74, 6) is -0.390. The van der Waals surface area contributed by atoms with Crippen molar-refractivity contribution in [1.29, 1.82) is 0 Å². The third kappa shape index (κ3) is 3.38. The highest BCUT2D eigenvalue weighted by atomic mass is 16.5. The minimum atomic E-state index is -0.849. The van der Waals surface area contributed by atoms with Crippen molar-refractivity contribution in [3.8, 4) is 11.5 Å². The van der Waals surface area contributed by atoms with Crippen LogP contribution in [0.1, 0.15) is 29.6 Å². The Morgan fingerprint density at radius 3 is 2.36 bits per heavy atom. The first-order chi connectivity index (χ1) is 12.0. The third-order valence-corrected chi connectivity index (χ3v) is 4.75. The molecule has 1 aliphatic rings. The Kier molecular flexibility index (Phi) is 4.79. The van der Waals surface area contributed by atoms with Crippen LogP contribution in [-0.2, 0) is 4.79 Å². The number of hydrogen-bond donors (Lipinski definition) is 2. The summed E-state index contributed by atoms with van der Waals surface area (Å²) in [5.41, 5.74) is 0.496. The van der Waals surface area contributed by atoms with Gasteiger partial charge in [-0.2, -0.15) is 0 Å². The number of fused-ring (bicyclic) bond motifs is 1. The van der Waals surface area contributed by atoms with Crippen LogP contribution in [0.15, 0.2) is 30.3 Å². The third-order valence-electron chi connectivity index (χ3n) is 4.75. The maximum atomic E-state index is 12.5. The molecule has 0 radical (unpaired) electrons. The van der Waals surface area contributed by atoms with E-state index in [1.807, 2.05) is 18.2 Å². The molecule has 6 nitrogen and oxygen atoms in total. The minimum absolute atomic E-state index is 0.255. The molecule has 0 unspecified atom stereocenters. The van der Waals surface area contributed by atoms with Gasteiger partial charge in [0, 0.05) is 11.6 Å². The number of carboxylic acid groups (broad SMARTS) is 1. The van der Waals surface area contributed by atoms with Crippen molar-refractivity contribution in [3.63, 3.8) is 0 Å². The summed E-state index contributed by atoms with van der Waals surface area (Å²) < 4.78 is 10.6. The van der Waals surface area contributed by atoms with Gasteiger partial charge in [0.1, 0.15) is 0 Å². The zero-order chi connectivity index (χ0) is 18.0. The maximum Gasteiger partial charge on any atom is 0.308 e. The number of aliphatic carboxylic acids is 1. The quantitative estimate of drug-likeness (QED) is 0.872. The van der Waals surface area contributed by atoms with Gasteiger partial charge in [-0.05, 0) is 47.9 Å². The Morgan fingerprint density at radius 2 is 1.72 bits per heavy atom. The molecule has 132 valence electrons. The van der Waals surface area contributed by atoms with Crippen LogP contribution in [0.25, 0.3) is 10.8 Å². The first-order valence-electron chi connectivity index (χ1n) is 8.23. The number of benzene rings is 2. The summed E-state index contributed by atoms with van der Waals surface area (Å²) in [6.07, 6.45) is 2.12. The maximum absolute atomic E-state index is 12.5. The molecule has 2 atom stereocenters. The van der Waals surface area contributed by atoms with Crippen LogP contribution in [0, 0.1) is 5.92 Å². The van der Waals surface area contributed by atoms with Gasteiger partial charge >= 0.3 is 5.97 Å². The van der Waals surface area contributed by atoms with Crippen molar-refractivity contribution < 1.29 is 24.2 Å². The van der Waals surface area contributed by atoms with Gasteiger partial charge in [-0.1, -0.05) is 12.5 Å². The monoisotopic (exact) mass is 343 g/mol. The van der Waals surface area contributed by atoms with Crippen molar-refractivity contribution in [2.45, 2.75) is 25.3 Å². The second-order valence-electron chi connectivity index (χ2n) is 6.22. The molecule has 0 saturated heterocycles. The number of methoxy groups -OCH3 is 2. The molecule has 0 heterocycles. The highest BCUT2D eigenvalue weighted by Crippen LogP contribution is 2.32. The Morgan fingerprint density at radius 1 is 1.04 bits per heavy atom. The van der Waals surface area contributed by atoms with Crippen LogP contribution in [0.5, 0.6) is 11.5 Å². The van der Waals surface area contributed by atoms with E-state index in [2.05, 4.69) is 5.32 Å². The average molecular weight is 343 g/mol. The number of nitrogens with one attached hydrogen (secondary N) is 1. The van der Waals surface area contributed by atoms with Crippen LogP contribution in [-0.4, -0.2) is 37.2 Å². The van der Waals surface area contributed by atoms with Crippen LogP contribution in [0.4, 0.5) is 0 Å². The molecule has 0 aromatic heterocycles. The van der Waals surface area contributed by atoms with Gasteiger partial charge in [-0.25, -0.2) is 0 Å². The summed E-state index contributed by atoms with van der Waals surface area (Å²) in [6.45, 7) is 0. The van der Waals surface area contributed by atoms with Gasteiger partial charge in [-0.15, -0.1) is 0 Å². The largest absolute Gasteiger partial charge is 0.493 e. The Labute approximate surface area is 145 Å². The predicted octanol–water partition coefficient (Wildman–Crippen LogP) is 2.84. The number of carbonyl (C=O) groups is 2. The predicted molar refractivity (Wildman–Crippen MR) is 93.3 cm³/mol. The van der Waals surface area contributed by atoms with E-state index in [1.165, 1.54) is 0 Å². The van der Waals surface area contributed by atoms with E-state index in [-0.39, 0.29) is 11.9 Å². The molecule has 1 amide bonds. The van der Waals surface area contributed by atoms with Crippen LogP contribution in [0.3, 0.4) is 0 Å². The standard InChI is InChI=1S/C19H21NO5/c1-24-16-9-11-6-7-12(8-13(11)10-17(16)25-2)18(21)20-15-5-3-4-14(15)19(22)23/h6-10,14-15H,3-5H2,1-2H3,(H,20,21)(H,22,23)/t14-,15+/m0/s1. The lowest BCUT2D eigenvalue weighted by Crippen LogP contribution is -2.40. The number of amides is 1. The molecule has 0 aliphatic heterocycles. The van der Waals surface area contributed by atoms with E-state index in [0.29, 0.717) is 29.9 Å². The SMILES string of the molecule is COc1cc2ccc(C(=O)N[C@@H]3CCC[C@@H]3C(=O)O)cc2cc1OC. The molecule has 3 rings (SSSR count). The summed E-state index contributed by atoms with van der Waals surface area (Å²) in [7, 11) is 3.14. The van der Waals surface area contributed by atoms with Crippen LogP contribution in [0.2, 0.25) is 0 Å². The highest BCUT2D eigenvalue weighted by Gasteiger charge is 2.34. The highest BCUT2D eigenvalue weighted by molar-refractivity contribution is 5.99. The molecule has 6 heteroatoms. The summed E-state index contributed by atoms with van der Waals surface area (Å²) in [6, 6.07) is 8.71. The van der Waals surface area contributed by atoms with Crippen LogP contribution >= 0.6 is 0 Å². The zero-order valence-corrected chi connectivity index (χ0v) is 14.2. The van der Waals surface area contributed by atoms with E-state index in [1.54, 1.807) is 26.4 Å².